The molecule has 0 saturated heterocycles. The molecule has 5 nitrogen and oxygen atoms in total. The number of aromatic nitrogens is 1. The van der Waals surface area contributed by atoms with Crippen LogP contribution in [0, 0.1) is 0 Å². The molecule has 0 unspecified atom stereocenters. The zero-order valence-electron chi connectivity index (χ0n) is 12.1. The van der Waals surface area contributed by atoms with Crippen molar-refractivity contribution in [3.05, 3.63) is 64.1 Å². The van der Waals surface area contributed by atoms with Crippen LogP contribution in [0.5, 0.6) is 0 Å². The van der Waals surface area contributed by atoms with Gasteiger partial charge in [0.05, 0.1) is 17.5 Å². The molecular weight excluding hydrogens is 325 g/mol. The molecule has 1 heterocycles. The van der Waals surface area contributed by atoms with Crippen molar-refractivity contribution in [2.75, 3.05) is 5.32 Å². The normalized spacial score (nSPS) is 11.6. The van der Waals surface area contributed by atoms with Crippen molar-refractivity contribution in [1.82, 2.24) is 4.98 Å². The number of hydrogen-bond acceptors (Lipinski definition) is 3. The van der Waals surface area contributed by atoms with E-state index in [-0.39, 0.29) is 12.3 Å². The van der Waals surface area contributed by atoms with Crippen LogP contribution in [0.2, 0.25) is 0 Å². The molecule has 0 saturated carbocycles. The highest BCUT2D eigenvalue weighted by molar-refractivity contribution is 5.94. The number of oxazole rings is 1. The maximum Gasteiger partial charge on any atom is 0.417 e. The molecule has 2 aromatic carbocycles. The van der Waals surface area contributed by atoms with E-state index in [1.165, 1.54) is 24.3 Å². The molecule has 1 amide bonds. The summed E-state index contributed by atoms with van der Waals surface area (Å²) in [7, 11) is 0. The summed E-state index contributed by atoms with van der Waals surface area (Å²) in [5.41, 5.74) is 0.934. The van der Waals surface area contributed by atoms with Gasteiger partial charge in [0.15, 0.2) is 5.58 Å². The van der Waals surface area contributed by atoms with Gasteiger partial charge >= 0.3 is 11.9 Å². The molecule has 24 heavy (non-hydrogen) atoms. The van der Waals surface area contributed by atoms with Gasteiger partial charge in [-0.2, -0.15) is 13.2 Å². The van der Waals surface area contributed by atoms with Crippen molar-refractivity contribution in [2.45, 2.75) is 12.6 Å². The third-order valence-electron chi connectivity index (χ3n) is 3.35. The second-order valence-electron chi connectivity index (χ2n) is 5.15. The summed E-state index contributed by atoms with van der Waals surface area (Å²) >= 11 is 0. The summed E-state index contributed by atoms with van der Waals surface area (Å²) in [4.78, 5) is 25.5. The Morgan fingerprint density at radius 1 is 1.12 bits per heavy atom. The molecule has 8 heteroatoms. The van der Waals surface area contributed by atoms with Gasteiger partial charge in [-0.3, -0.25) is 9.78 Å². The fraction of sp³-hybridized carbons (Fsp3) is 0.125. The molecule has 3 aromatic rings. The molecule has 0 bridgehead atoms. The molecular formula is C16H11F3N2O3. The molecule has 0 spiro atoms. The Morgan fingerprint density at radius 3 is 2.50 bits per heavy atom. The first kappa shape index (κ1) is 15.9. The molecule has 0 radical (unpaired) electrons. The van der Waals surface area contributed by atoms with E-state index in [1.54, 1.807) is 6.07 Å². The number of alkyl halides is 3. The summed E-state index contributed by atoms with van der Waals surface area (Å²) < 4.78 is 42.3. The Morgan fingerprint density at radius 2 is 1.83 bits per heavy atom. The van der Waals surface area contributed by atoms with Gasteiger partial charge in [-0.1, -0.05) is 12.1 Å². The van der Waals surface area contributed by atoms with Gasteiger partial charge in [-0.15, -0.1) is 0 Å². The second kappa shape index (κ2) is 5.88. The van der Waals surface area contributed by atoms with Crippen LogP contribution in [0.25, 0.3) is 11.1 Å². The number of fused-ring (bicyclic) bond motifs is 1. The number of benzene rings is 2. The van der Waals surface area contributed by atoms with Gasteiger partial charge in [-0.25, -0.2) is 4.79 Å². The fourth-order valence-corrected chi connectivity index (χ4v) is 2.23. The molecule has 1 aromatic heterocycles. The van der Waals surface area contributed by atoms with Crippen molar-refractivity contribution in [1.29, 1.82) is 0 Å². The van der Waals surface area contributed by atoms with Crippen molar-refractivity contribution < 1.29 is 22.4 Å². The third kappa shape index (κ3) is 3.48. The smallest absolute Gasteiger partial charge is 0.408 e. The standard InChI is InChI=1S/C16H11F3N2O3/c17-16(18,19)10-3-1-9(2-4-10)7-14(22)20-11-5-6-13-12(8-11)21-15(23)24-13/h1-6,8H,7H2,(H,20,22)(H,21,23). The lowest BCUT2D eigenvalue weighted by atomic mass is 10.1. The molecule has 0 atom stereocenters. The van der Waals surface area contributed by atoms with Crippen LogP contribution in [-0.4, -0.2) is 10.9 Å². The van der Waals surface area contributed by atoms with Gasteiger partial charge in [-0.05, 0) is 35.9 Å². The number of aromatic amines is 1. The van der Waals surface area contributed by atoms with Gasteiger partial charge in [0, 0.05) is 5.69 Å². The zero-order chi connectivity index (χ0) is 17.3. The number of halogens is 3. The van der Waals surface area contributed by atoms with E-state index in [0.717, 1.165) is 12.1 Å². The highest BCUT2D eigenvalue weighted by Gasteiger charge is 2.29. The first-order valence-corrected chi connectivity index (χ1v) is 6.90. The number of carbonyl (C=O) groups is 1. The lowest BCUT2D eigenvalue weighted by Crippen LogP contribution is -2.14. The van der Waals surface area contributed by atoms with Gasteiger partial charge in [0.25, 0.3) is 0 Å². The number of amides is 1. The van der Waals surface area contributed by atoms with E-state index < -0.39 is 17.5 Å². The van der Waals surface area contributed by atoms with E-state index >= 15 is 0 Å². The molecule has 0 aliphatic carbocycles. The molecule has 0 aliphatic rings. The highest BCUT2D eigenvalue weighted by atomic mass is 19.4. The number of anilines is 1. The number of hydrogen-bond donors (Lipinski definition) is 2. The van der Waals surface area contributed by atoms with Crippen molar-refractivity contribution in [3.63, 3.8) is 0 Å². The van der Waals surface area contributed by atoms with Crippen molar-refractivity contribution in [3.8, 4) is 0 Å². The predicted molar refractivity (Wildman–Crippen MR) is 80.6 cm³/mol. The maximum absolute atomic E-state index is 12.5. The first-order chi connectivity index (χ1) is 11.3. The molecule has 124 valence electrons. The van der Waals surface area contributed by atoms with Crippen molar-refractivity contribution >= 4 is 22.7 Å². The molecule has 0 fully saturated rings. The van der Waals surface area contributed by atoms with Crippen LogP contribution in [0.4, 0.5) is 18.9 Å². The number of carbonyl (C=O) groups excluding carboxylic acids is 1. The minimum Gasteiger partial charge on any atom is -0.408 e. The van der Waals surface area contributed by atoms with E-state index in [2.05, 4.69) is 10.3 Å². The largest absolute Gasteiger partial charge is 0.417 e. The quantitative estimate of drug-likeness (QED) is 0.770. The average Bonchev–Trinajstić information content (AvgIpc) is 2.86. The highest BCUT2D eigenvalue weighted by Crippen LogP contribution is 2.29. The summed E-state index contributed by atoms with van der Waals surface area (Å²) in [6, 6.07) is 9.02. The van der Waals surface area contributed by atoms with E-state index in [9.17, 15) is 22.8 Å². The SMILES string of the molecule is O=C(Cc1ccc(C(F)(F)F)cc1)Nc1ccc2oc(=O)[nH]c2c1. The minimum absolute atomic E-state index is 0.0713. The topological polar surface area (TPSA) is 75.1 Å². The van der Waals surface area contributed by atoms with Crippen LogP contribution in [0.1, 0.15) is 11.1 Å². The molecule has 2 N–H and O–H groups in total. The fourth-order valence-electron chi connectivity index (χ4n) is 2.23. The Balaban J connectivity index is 1.69. The predicted octanol–water partition coefficient (Wildman–Crippen LogP) is 3.32. The lowest BCUT2D eigenvalue weighted by molar-refractivity contribution is -0.137. The van der Waals surface area contributed by atoms with Crippen molar-refractivity contribution in [2.24, 2.45) is 0 Å². The molecule has 0 aliphatic heterocycles. The summed E-state index contributed by atoms with van der Waals surface area (Å²) in [5, 5.41) is 2.61. The van der Waals surface area contributed by atoms with Crippen LogP contribution in [0.3, 0.4) is 0 Å². The summed E-state index contributed by atoms with van der Waals surface area (Å²) in [5.74, 6) is -0.988. The van der Waals surface area contributed by atoms with Gasteiger partial charge < -0.3 is 9.73 Å². The van der Waals surface area contributed by atoms with Crippen LogP contribution < -0.4 is 11.1 Å². The Bertz CT molecular complexity index is 940. The lowest BCUT2D eigenvalue weighted by Gasteiger charge is -2.08. The van der Waals surface area contributed by atoms with Gasteiger partial charge in [0.1, 0.15) is 0 Å². The van der Waals surface area contributed by atoms with E-state index in [0.29, 0.717) is 22.4 Å². The number of H-pyrrole nitrogens is 1. The Labute approximate surface area is 133 Å². The molecule has 3 rings (SSSR count). The average molecular weight is 336 g/mol. The third-order valence-corrected chi connectivity index (χ3v) is 3.35. The monoisotopic (exact) mass is 336 g/mol. The van der Waals surface area contributed by atoms with Gasteiger partial charge in [0.2, 0.25) is 5.91 Å². The van der Waals surface area contributed by atoms with Crippen LogP contribution in [-0.2, 0) is 17.4 Å². The Hall–Kier alpha value is -3.03. The van der Waals surface area contributed by atoms with Crippen LogP contribution in [0.15, 0.2) is 51.7 Å². The van der Waals surface area contributed by atoms with Crippen LogP contribution >= 0.6 is 0 Å². The summed E-state index contributed by atoms with van der Waals surface area (Å²) in [6.45, 7) is 0. The first-order valence-electron chi connectivity index (χ1n) is 6.90. The second-order valence-corrected chi connectivity index (χ2v) is 5.15. The maximum atomic E-state index is 12.5. The zero-order valence-corrected chi connectivity index (χ0v) is 12.1. The Kier molecular flexibility index (Phi) is 3.88. The van der Waals surface area contributed by atoms with E-state index in [1.807, 2.05) is 0 Å². The number of nitrogens with one attached hydrogen (secondary N) is 2. The number of rotatable bonds is 3. The van der Waals surface area contributed by atoms with E-state index in [4.69, 9.17) is 4.42 Å². The summed E-state index contributed by atoms with van der Waals surface area (Å²) in [6.07, 6.45) is -4.48. The minimum atomic E-state index is -4.41.